The summed E-state index contributed by atoms with van der Waals surface area (Å²) in [6.45, 7) is 4.13. The summed E-state index contributed by atoms with van der Waals surface area (Å²) < 4.78 is 37.3. The Kier molecular flexibility index (Phi) is 12.9. The van der Waals surface area contributed by atoms with Crippen molar-refractivity contribution in [3.05, 3.63) is 88.9 Å². The second kappa shape index (κ2) is 16.4. The minimum atomic E-state index is -3.68. The van der Waals surface area contributed by atoms with Crippen molar-refractivity contribution in [3.63, 3.8) is 0 Å². The van der Waals surface area contributed by atoms with E-state index in [1.807, 2.05) is 68.4 Å². The molecule has 238 valence electrons. The monoisotopic (exact) mass is 643 g/mol. The molecule has 0 aliphatic carbocycles. The number of methoxy groups -OCH3 is 2. The van der Waals surface area contributed by atoms with Crippen molar-refractivity contribution in [2.75, 3.05) is 31.3 Å². The van der Waals surface area contributed by atoms with Gasteiger partial charge in [-0.1, -0.05) is 61.0 Å². The number of halogens is 1. The van der Waals surface area contributed by atoms with E-state index in [2.05, 4.69) is 5.32 Å². The Labute approximate surface area is 266 Å². The van der Waals surface area contributed by atoms with Crippen LogP contribution in [-0.2, 0) is 32.6 Å². The van der Waals surface area contributed by atoms with Crippen molar-refractivity contribution in [2.24, 2.45) is 0 Å². The number of amides is 2. The van der Waals surface area contributed by atoms with Crippen molar-refractivity contribution < 1.29 is 27.5 Å². The van der Waals surface area contributed by atoms with E-state index in [0.29, 0.717) is 23.6 Å². The lowest BCUT2D eigenvalue weighted by Crippen LogP contribution is -2.52. The van der Waals surface area contributed by atoms with Gasteiger partial charge in [0.15, 0.2) is 0 Å². The van der Waals surface area contributed by atoms with E-state index >= 15 is 0 Å². The van der Waals surface area contributed by atoms with Crippen molar-refractivity contribution in [3.8, 4) is 11.5 Å². The molecule has 0 spiro atoms. The Morgan fingerprint density at radius 3 is 2.27 bits per heavy atom. The van der Waals surface area contributed by atoms with Crippen molar-refractivity contribution >= 4 is 39.1 Å². The van der Waals surface area contributed by atoms with E-state index in [-0.39, 0.29) is 48.8 Å². The molecule has 1 N–H and O–H groups in total. The van der Waals surface area contributed by atoms with E-state index in [1.165, 1.54) is 17.5 Å². The summed E-state index contributed by atoms with van der Waals surface area (Å²) in [6.07, 6.45) is 2.40. The standard InChI is InChI=1S/C33H42ClN3O6S/c1-6-24(2)35-33(39)30(21-25-12-8-7-9-13-25)36(23-26-14-10-15-28(20-26)42-3)32(38)16-11-19-37(44(5,40)41)27-17-18-31(43-4)29(34)22-27/h7-10,12-15,17-18,20,22,24,30H,6,11,16,19,21,23H2,1-5H3,(H,35,39)/t24-,30+/m1/s1. The van der Waals surface area contributed by atoms with E-state index in [9.17, 15) is 18.0 Å². The smallest absolute Gasteiger partial charge is 0.243 e. The van der Waals surface area contributed by atoms with Crippen LogP contribution in [0.25, 0.3) is 0 Å². The minimum Gasteiger partial charge on any atom is -0.497 e. The van der Waals surface area contributed by atoms with Crippen LogP contribution in [-0.4, -0.2) is 64.2 Å². The quantitative estimate of drug-likeness (QED) is 0.222. The van der Waals surface area contributed by atoms with Gasteiger partial charge in [-0.15, -0.1) is 0 Å². The molecular formula is C33H42ClN3O6S. The number of benzene rings is 3. The zero-order valence-corrected chi connectivity index (χ0v) is 27.5. The molecule has 0 aliphatic rings. The number of hydrogen-bond donors (Lipinski definition) is 1. The van der Waals surface area contributed by atoms with Gasteiger partial charge in [-0.3, -0.25) is 13.9 Å². The zero-order chi connectivity index (χ0) is 32.3. The molecule has 0 radical (unpaired) electrons. The summed E-state index contributed by atoms with van der Waals surface area (Å²) in [5, 5.41) is 3.33. The van der Waals surface area contributed by atoms with Crippen LogP contribution in [0.3, 0.4) is 0 Å². The third-order valence-corrected chi connectivity index (χ3v) is 8.82. The van der Waals surface area contributed by atoms with Crippen LogP contribution in [0.1, 0.15) is 44.2 Å². The number of carbonyl (C=O) groups is 2. The SMILES string of the molecule is CC[C@@H](C)NC(=O)[C@H](Cc1ccccc1)N(Cc1cccc(OC)c1)C(=O)CCCN(c1ccc(OC)c(Cl)c1)S(C)(=O)=O. The maximum absolute atomic E-state index is 14.0. The molecule has 9 nitrogen and oxygen atoms in total. The fourth-order valence-corrected chi connectivity index (χ4v) is 5.99. The molecule has 0 unspecified atom stereocenters. The number of anilines is 1. The van der Waals surface area contributed by atoms with Gasteiger partial charge in [-0.2, -0.15) is 0 Å². The second-order valence-corrected chi connectivity index (χ2v) is 13.0. The van der Waals surface area contributed by atoms with Crippen LogP contribution in [0.5, 0.6) is 11.5 Å². The van der Waals surface area contributed by atoms with Gasteiger partial charge in [-0.05, 0) is 61.2 Å². The van der Waals surface area contributed by atoms with Gasteiger partial charge in [-0.25, -0.2) is 8.42 Å². The summed E-state index contributed by atoms with van der Waals surface area (Å²) in [5.74, 6) is 0.548. The first-order chi connectivity index (χ1) is 21.0. The molecule has 0 saturated carbocycles. The van der Waals surface area contributed by atoms with Crippen LogP contribution < -0.4 is 19.1 Å². The van der Waals surface area contributed by atoms with Crippen LogP contribution in [0.2, 0.25) is 5.02 Å². The lowest BCUT2D eigenvalue weighted by Gasteiger charge is -2.33. The molecular weight excluding hydrogens is 602 g/mol. The summed E-state index contributed by atoms with van der Waals surface area (Å²) in [4.78, 5) is 29.3. The van der Waals surface area contributed by atoms with Gasteiger partial charge < -0.3 is 19.7 Å². The van der Waals surface area contributed by atoms with E-state index in [4.69, 9.17) is 21.1 Å². The summed E-state index contributed by atoms with van der Waals surface area (Å²) in [6, 6.07) is 20.8. The maximum atomic E-state index is 14.0. The number of carbonyl (C=O) groups excluding carboxylic acids is 2. The first-order valence-corrected chi connectivity index (χ1v) is 16.8. The molecule has 0 aromatic heterocycles. The Morgan fingerprint density at radius 1 is 0.955 bits per heavy atom. The predicted octanol–water partition coefficient (Wildman–Crippen LogP) is 5.46. The van der Waals surface area contributed by atoms with E-state index < -0.39 is 16.1 Å². The van der Waals surface area contributed by atoms with Crippen molar-refractivity contribution in [1.82, 2.24) is 10.2 Å². The molecule has 0 bridgehead atoms. The molecule has 0 saturated heterocycles. The summed E-state index contributed by atoms with van der Waals surface area (Å²) in [5.41, 5.74) is 2.09. The predicted molar refractivity (Wildman–Crippen MR) is 175 cm³/mol. The maximum Gasteiger partial charge on any atom is 0.243 e. The Hall–Kier alpha value is -3.76. The molecule has 0 fully saturated rings. The van der Waals surface area contributed by atoms with Crippen molar-refractivity contribution in [1.29, 1.82) is 0 Å². The van der Waals surface area contributed by atoms with Gasteiger partial charge in [0.05, 0.1) is 31.2 Å². The normalized spacial score (nSPS) is 12.6. The van der Waals surface area contributed by atoms with Gasteiger partial charge in [0, 0.05) is 32.0 Å². The highest BCUT2D eigenvalue weighted by Crippen LogP contribution is 2.30. The highest BCUT2D eigenvalue weighted by Gasteiger charge is 2.31. The number of rotatable bonds is 16. The third-order valence-electron chi connectivity index (χ3n) is 7.33. The van der Waals surface area contributed by atoms with Crippen LogP contribution in [0.4, 0.5) is 5.69 Å². The Balaban J connectivity index is 1.91. The molecule has 44 heavy (non-hydrogen) atoms. The average molecular weight is 644 g/mol. The molecule has 2 atom stereocenters. The van der Waals surface area contributed by atoms with E-state index in [0.717, 1.165) is 23.8 Å². The lowest BCUT2D eigenvalue weighted by atomic mass is 10.0. The summed E-state index contributed by atoms with van der Waals surface area (Å²) in [7, 11) is -0.633. The first kappa shape index (κ1) is 34.7. The second-order valence-electron chi connectivity index (χ2n) is 10.7. The number of ether oxygens (including phenoxy) is 2. The van der Waals surface area contributed by atoms with Crippen molar-refractivity contribution in [2.45, 2.75) is 58.2 Å². The first-order valence-electron chi connectivity index (χ1n) is 14.5. The molecule has 11 heteroatoms. The highest BCUT2D eigenvalue weighted by atomic mass is 35.5. The number of sulfonamides is 1. The van der Waals surface area contributed by atoms with Gasteiger partial charge in [0.25, 0.3) is 0 Å². The highest BCUT2D eigenvalue weighted by molar-refractivity contribution is 7.92. The van der Waals surface area contributed by atoms with Gasteiger partial charge in [0.1, 0.15) is 17.5 Å². The Bertz CT molecular complexity index is 1500. The van der Waals surface area contributed by atoms with Gasteiger partial charge in [0.2, 0.25) is 21.8 Å². The summed E-state index contributed by atoms with van der Waals surface area (Å²) >= 11 is 6.27. The minimum absolute atomic E-state index is 0.0157. The molecule has 3 aromatic rings. The topological polar surface area (TPSA) is 105 Å². The number of nitrogens with one attached hydrogen (secondary N) is 1. The molecule has 3 rings (SSSR count). The van der Waals surface area contributed by atoms with Crippen LogP contribution in [0, 0.1) is 0 Å². The average Bonchev–Trinajstić information content (AvgIpc) is 3.00. The van der Waals surface area contributed by atoms with Crippen LogP contribution >= 0.6 is 11.6 Å². The fourth-order valence-electron chi connectivity index (χ4n) is 4.78. The fraction of sp³-hybridized carbons (Fsp3) is 0.394. The zero-order valence-electron chi connectivity index (χ0n) is 26.0. The number of hydrogen-bond acceptors (Lipinski definition) is 6. The Morgan fingerprint density at radius 2 is 1.66 bits per heavy atom. The lowest BCUT2D eigenvalue weighted by molar-refractivity contribution is -0.141. The number of nitrogens with zero attached hydrogens (tertiary/aromatic N) is 2. The van der Waals surface area contributed by atoms with Gasteiger partial charge >= 0.3 is 0 Å². The largest absolute Gasteiger partial charge is 0.497 e. The molecule has 3 aromatic carbocycles. The van der Waals surface area contributed by atoms with E-state index in [1.54, 1.807) is 24.1 Å². The molecule has 0 aliphatic heterocycles. The molecule has 0 heterocycles. The van der Waals surface area contributed by atoms with Crippen LogP contribution in [0.15, 0.2) is 72.8 Å². The molecule has 2 amide bonds. The third kappa shape index (κ3) is 9.89.